The Morgan fingerprint density at radius 1 is 1.23 bits per heavy atom. The van der Waals surface area contributed by atoms with Crippen molar-refractivity contribution in [2.45, 2.75) is 23.2 Å². The van der Waals surface area contributed by atoms with Crippen molar-refractivity contribution >= 4 is 52.5 Å². The summed E-state index contributed by atoms with van der Waals surface area (Å²) in [6.07, 6.45) is -4.73. The first-order valence-electron chi connectivity index (χ1n) is 8.50. The summed E-state index contributed by atoms with van der Waals surface area (Å²) in [5.74, 6) is -2.02. The van der Waals surface area contributed by atoms with Gasteiger partial charge in [-0.2, -0.15) is 13.2 Å². The largest absolute Gasteiger partial charge is 0.452 e. The molecule has 1 atom stereocenters. The number of benzene rings is 2. The van der Waals surface area contributed by atoms with E-state index in [0.29, 0.717) is 11.8 Å². The molecule has 0 saturated carbocycles. The zero-order valence-electron chi connectivity index (χ0n) is 15.3. The van der Waals surface area contributed by atoms with Crippen LogP contribution in [-0.2, 0) is 20.5 Å². The summed E-state index contributed by atoms with van der Waals surface area (Å²) in [4.78, 5) is 36.7. The third kappa shape index (κ3) is 5.06. The summed E-state index contributed by atoms with van der Waals surface area (Å²) in [5.41, 5.74) is -1.10. The zero-order valence-corrected chi connectivity index (χ0v) is 16.9. The van der Waals surface area contributed by atoms with E-state index in [1.165, 1.54) is 30.0 Å². The van der Waals surface area contributed by atoms with Gasteiger partial charge in [-0.3, -0.25) is 9.59 Å². The molecule has 11 heteroatoms. The van der Waals surface area contributed by atoms with E-state index in [1.54, 1.807) is 13.0 Å². The van der Waals surface area contributed by atoms with Gasteiger partial charge in [0.15, 0.2) is 6.61 Å². The molecule has 6 nitrogen and oxygen atoms in total. The van der Waals surface area contributed by atoms with Crippen LogP contribution in [0.15, 0.2) is 41.3 Å². The van der Waals surface area contributed by atoms with Gasteiger partial charge in [0.2, 0.25) is 5.91 Å². The highest BCUT2D eigenvalue weighted by Crippen LogP contribution is 2.37. The number of rotatable bonds is 4. The molecule has 1 heterocycles. The Balaban J connectivity index is 1.64. The highest BCUT2D eigenvalue weighted by atomic mass is 35.5. The number of nitrogens with one attached hydrogen (secondary N) is 2. The van der Waals surface area contributed by atoms with Crippen molar-refractivity contribution in [2.24, 2.45) is 0 Å². The molecule has 0 bridgehead atoms. The van der Waals surface area contributed by atoms with Crippen molar-refractivity contribution in [3.05, 3.63) is 52.5 Å². The maximum atomic E-state index is 13.1. The highest BCUT2D eigenvalue weighted by Gasteiger charge is 2.34. The van der Waals surface area contributed by atoms with Crippen molar-refractivity contribution in [3.8, 4) is 0 Å². The molecule has 0 saturated heterocycles. The average molecular weight is 459 g/mol. The molecule has 0 aromatic heterocycles. The fourth-order valence-corrected chi connectivity index (χ4v) is 3.70. The van der Waals surface area contributed by atoms with Crippen LogP contribution in [0, 0.1) is 0 Å². The first-order valence-corrected chi connectivity index (χ1v) is 9.75. The summed E-state index contributed by atoms with van der Waals surface area (Å²) in [6.45, 7) is 0.947. The number of hydrogen-bond donors (Lipinski definition) is 2. The third-order valence-corrected chi connectivity index (χ3v) is 5.45. The lowest BCUT2D eigenvalue weighted by Gasteiger charge is -2.21. The number of anilines is 2. The normalized spacial score (nSPS) is 15.8. The van der Waals surface area contributed by atoms with Crippen LogP contribution in [0.2, 0.25) is 5.02 Å². The topological polar surface area (TPSA) is 84.5 Å². The molecule has 2 N–H and O–H groups in total. The number of halogens is 4. The second-order valence-corrected chi connectivity index (χ2v) is 8.09. The van der Waals surface area contributed by atoms with Gasteiger partial charge in [-0.15, -0.1) is 11.8 Å². The van der Waals surface area contributed by atoms with Gasteiger partial charge < -0.3 is 15.4 Å². The molecule has 0 aliphatic carbocycles. The second-order valence-electron chi connectivity index (χ2n) is 6.27. The van der Waals surface area contributed by atoms with Crippen LogP contribution in [0.1, 0.15) is 22.8 Å². The van der Waals surface area contributed by atoms with Gasteiger partial charge >= 0.3 is 12.1 Å². The van der Waals surface area contributed by atoms with E-state index in [4.69, 9.17) is 16.3 Å². The number of ether oxygens (including phenoxy) is 1. The van der Waals surface area contributed by atoms with Gasteiger partial charge in [-0.25, -0.2) is 4.79 Å². The van der Waals surface area contributed by atoms with E-state index in [9.17, 15) is 27.6 Å². The van der Waals surface area contributed by atoms with Gasteiger partial charge in [0.1, 0.15) is 0 Å². The van der Waals surface area contributed by atoms with Crippen molar-refractivity contribution in [2.75, 3.05) is 17.2 Å². The molecule has 2 aromatic carbocycles. The average Bonchev–Trinajstić information content (AvgIpc) is 2.67. The predicted molar refractivity (Wildman–Crippen MR) is 106 cm³/mol. The second kappa shape index (κ2) is 8.57. The quantitative estimate of drug-likeness (QED) is 0.655. The Bertz CT molecular complexity index is 1030. The first kappa shape index (κ1) is 22.0. The van der Waals surface area contributed by atoms with Crippen LogP contribution >= 0.6 is 23.4 Å². The zero-order chi connectivity index (χ0) is 22.1. The van der Waals surface area contributed by atoms with E-state index in [-0.39, 0.29) is 21.7 Å². The molecule has 158 valence electrons. The molecular weight excluding hydrogens is 445 g/mol. The van der Waals surface area contributed by atoms with Gasteiger partial charge in [-0.05, 0) is 43.3 Å². The van der Waals surface area contributed by atoms with Gasteiger partial charge in [0, 0.05) is 9.92 Å². The minimum Gasteiger partial charge on any atom is -0.452 e. The van der Waals surface area contributed by atoms with E-state index in [2.05, 4.69) is 10.6 Å². The van der Waals surface area contributed by atoms with Gasteiger partial charge in [0.05, 0.1) is 27.8 Å². The minimum absolute atomic E-state index is 0.0828. The fourth-order valence-electron chi connectivity index (χ4n) is 2.60. The molecule has 3 rings (SSSR count). The molecule has 2 amide bonds. The fraction of sp³-hybridized carbons (Fsp3) is 0.211. The molecule has 1 unspecified atom stereocenters. The monoisotopic (exact) mass is 458 g/mol. The van der Waals surface area contributed by atoms with Crippen LogP contribution < -0.4 is 10.6 Å². The van der Waals surface area contributed by atoms with E-state index < -0.39 is 35.9 Å². The lowest BCUT2D eigenvalue weighted by Crippen LogP contribution is -2.26. The van der Waals surface area contributed by atoms with Crippen LogP contribution in [0.3, 0.4) is 0 Å². The summed E-state index contributed by atoms with van der Waals surface area (Å²) in [6, 6.07) is 7.40. The van der Waals surface area contributed by atoms with Gasteiger partial charge in [0.25, 0.3) is 5.91 Å². The number of carbonyl (C=O) groups excluding carboxylic acids is 3. The van der Waals surface area contributed by atoms with Crippen LogP contribution in [0.4, 0.5) is 24.5 Å². The minimum atomic E-state index is -4.73. The Kier molecular flexibility index (Phi) is 6.27. The SMILES string of the molecule is CC1Sc2ccc(C(=O)OCC(=O)Nc3ccc(Cl)cc3C(F)(F)F)cc2NC1=O. The number of fused-ring (bicyclic) bond motifs is 1. The molecule has 30 heavy (non-hydrogen) atoms. The maximum Gasteiger partial charge on any atom is 0.418 e. The van der Waals surface area contributed by atoms with Gasteiger partial charge in [-0.1, -0.05) is 11.6 Å². The first-order chi connectivity index (χ1) is 14.0. The van der Waals surface area contributed by atoms with Crippen LogP contribution in [0.25, 0.3) is 0 Å². The Morgan fingerprint density at radius 3 is 2.67 bits per heavy atom. The van der Waals surface area contributed by atoms with Crippen molar-refractivity contribution in [1.82, 2.24) is 0 Å². The Labute approximate surface area is 178 Å². The molecule has 1 aliphatic rings. The Hall–Kier alpha value is -2.72. The number of alkyl halides is 3. The summed E-state index contributed by atoms with van der Waals surface area (Å²) >= 11 is 6.92. The van der Waals surface area contributed by atoms with E-state index >= 15 is 0 Å². The Morgan fingerprint density at radius 2 is 1.97 bits per heavy atom. The summed E-state index contributed by atoms with van der Waals surface area (Å²) < 4.78 is 44.1. The summed E-state index contributed by atoms with van der Waals surface area (Å²) in [7, 11) is 0. The van der Waals surface area contributed by atoms with Crippen LogP contribution in [0.5, 0.6) is 0 Å². The smallest absolute Gasteiger partial charge is 0.418 e. The number of thioether (sulfide) groups is 1. The van der Waals surface area contributed by atoms with E-state index in [0.717, 1.165) is 11.0 Å². The van der Waals surface area contributed by atoms with Crippen molar-refractivity contribution in [3.63, 3.8) is 0 Å². The van der Waals surface area contributed by atoms with Crippen molar-refractivity contribution < 1.29 is 32.3 Å². The molecule has 2 aromatic rings. The van der Waals surface area contributed by atoms with Crippen molar-refractivity contribution in [1.29, 1.82) is 0 Å². The third-order valence-electron chi connectivity index (χ3n) is 4.04. The number of amides is 2. The molecular formula is C19H14ClF3N2O4S. The predicted octanol–water partition coefficient (Wildman–Crippen LogP) is 4.59. The van der Waals surface area contributed by atoms with E-state index in [1.807, 2.05) is 0 Å². The number of hydrogen-bond acceptors (Lipinski definition) is 5. The lowest BCUT2D eigenvalue weighted by molar-refractivity contribution is -0.137. The lowest BCUT2D eigenvalue weighted by atomic mass is 10.1. The maximum absolute atomic E-state index is 13.1. The van der Waals surface area contributed by atoms with Crippen LogP contribution in [-0.4, -0.2) is 29.6 Å². The molecule has 0 fully saturated rings. The number of carbonyl (C=O) groups is 3. The highest BCUT2D eigenvalue weighted by molar-refractivity contribution is 8.00. The standard InChI is InChI=1S/C19H14ClF3N2O4S/c1-9-17(27)25-14-6-10(2-5-15(14)30-9)18(28)29-8-16(26)24-13-4-3-11(20)7-12(13)19(21,22)23/h2-7,9H,8H2,1H3,(H,24,26)(H,25,27). The molecule has 0 spiro atoms. The number of esters is 1. The molecule has 0 radical (unpaired) electrons. The summed E-state index contributed by atoms with van der Waals surface area (Å²) in [5, 5.41) is 4.31. The molecule has 1 aliphatic heterocycles.